The Kier molecular flexibility index (Phi) is 8.08. The summed E-state index contributed by atoms with van der Waals surface area (Å²) in [6.07, 6.45) is 2.94. The van der Waals surface area contributed by atoms with Crippen molar-refractivity contribution in [1.29, 1.82) is 0 Å². The van der Waals surface area contributed by atoms with E-state index in [0.717, 1.165) is 5.56 Å². The Morgan fingerprint density at radius 2 is 1.94 bits per heavy atom. The number of methoxy groups -OCH3 is 1. The number of hydrogen-bond acceptors (Lipinski definition) is 6. The molecule has 0 bridgehead atoms. The first-order valence-electron chi connectivity index (χ1n) is 10.1. The number of benzene rings is 2. The predicted octanol–water partition coefficient (Wildman–Crippen LogP) is 4.32. The molecule has 172 valence electrons. The fourth-order valence-corrected chi connectivity index (χ4v) is 3.82. The minimum Gasteiger partial charge on any atom is -0.493 e. The van der Waals surface area contributed by atoms with Crippen molar-refractivity contribution in [3.63, 3.8) is 0 Å². The van der Waals surface area contributed by atoms with E-state index in [1.807, 2.05) is 30.3 Å². The van der Waals surface area contributed by atoms with Gasteiger partial charge in [0.05, 0.1) is 30.4 Å². The van der Waals surface area contributed by atoms with Gasteiger partial charge in [0.1, 0.15) is 0 Å². The summed E-state index contributed by atoms with van der Waals surface area (Å²) >= 11 is 11.7. The fourth-order valence-electron chi connectivity index (χ4n) is 3.29. The maximum Gasteiger partial charge on any atom is 0.338 e. The van der Waals surface area contributed by atoms with E-state index in [4.69, 9.17) is 38.0 Å². The van der Waals surface area contributed by atoms with Gasteiger partial charge in [0, 0.05) is 11.8 Å². The molecule has 0 spiro atoms. The minimum atomic E-state index is -0.632. The summed E-state index contributed by atoms with van der Waals surface area (Å²) in [5.74, 6) is -0.804. The molecule has 2 aromatic rings. The van der Waals surface area contributed by atoms with E-state index in [1.54, 1.807) is 32.1 Å². The van der Waals surface area contributed by atoms with Gasteiger partial charge in [0.25, 0.3) is 0 Å². The van der Waals surface area contributed by atoms with Crippen LogP contribution in [0.3, 0.4) is 0 Å². The zero-order valence-electron chi connectivity index (χ0n) is 18.3. The van der Waals surface area contributed by atoms with Crippen molar-refractivity contribution in [3.8, 4) is 11.5 Å². The number of ether oxygens (including phenoxy) is 3. The first kappa shape index (κ1) is 24.3. The van der Waals surface area contributed by atoms with E-state index >= 15 is 0 Å². The molecule has 7 nitrogen and oxygen atoms in total. The number of halogens is 1. The predicted molar refractivity (Wildman–Crippen MR) is 130 cm³/mol. The van der Waals surface area contributed by atoms with Gasteiger partial charge < -0.3 is 24.8 Å². The summed E-state index contributed by atoms with van der Waals surface area (Å²) in [4.78, 5) is 25.0. The van der Waals surface area contributed by atoms with E-state index in [-0.39, 0.29) is 23.1 Å². The zero-order chi connectivity index (χ0) is 24.0. The Morgan fingerprint density at radius 1 is 1.21 bits per heavy atom. The molecule has 1 aliphatic heterocycles. The molecule has 0 fully saturated rings. The Bertz CT molecular complexity index is 1130. The standard InChI is InChI=1S/C24H23ClN2O5S/c1-4-31-23(29)20-14(2)26-24(33)27-21(20)16-12-17(25)22(18(13-16)30-3)32-19(28)11-10-15-8-6-5-7-9-15/h5-13,21H,4H2,1-3H3,(H2,26,27,33)/b11-10+. The number of carbonyl (C=O) groups excluding carboxylic acids is 2. The Balaban J connectivity index is 1.91. The number of allylic oxidation sites excluding steroid dienone is 1. The lowest BCUT2D eigenvalue weighted by Gasteiger charge is -2.30. The summed E-state index contributed by atoms with van der Waals surface area (Å²) < 4.78 is 16.1. The van der Waals surface area contributed by atoms with Crippen molar-refractivity contribution >= 4 is 46.9 Å². The molecule has 0 amide bonds. The molecule has 0 saturated heterocycles. The van der Waals surface area contributed by atoms with E-state index in [2.05, 4.69) is 10.6 Å². The van der Waals surface area contributed by atoms with Gasteiger partial charge in [-0.3, -0.25) is 0 Å². The molecule has 1 atom stereocenters. The van der Waals surface area contributed by atoms with Gasteiger partial charge in [-0.2, -0.15) is 0 Å². The highest BCUT2D eigenvalue weighted by Crippen LogP contribution is 2.40. The van der Waals surface area contributed by atoms with Crippen LogP contribution in [-0.4, -0.2) is 30.8 Å². The van der Waals surface area contributed by atoms with Crippen molar-refractivity contribution in [3.05, 3.63) is 76.0 Å². The Labute approximate surface area is 202 Å². The molecule has 1 heterocycles. The SMILES string of the molecule is CCOC(=O)C1=C(C)NC(=S)NC1c1cc(Cl)c(OC(=O)/C=C/c2ccccc2)c(OC)c1. The van der Waals surface area contributed by atoms with Gasteiger partial charge in [-0.15, -0.1) is 0 Å². The van der Waals surface area contributed by atoms with Crippen LogP contribution in [0.4, 0.5) is 0 Å². The molecule has 2 N–H and O–H groups in total. The average molecular weight is 487 g/mol. The van der Waals surface area contributed by atoms with Crippen LogP contribution in [-0.2, 0) is 14.3 Å². The monoisotopic (exact) mass is 486 g/mol. The topological polar surface area (TPSA) is 85.9 Å². The number of hydrogen-bond donors (Lipinski definition) is 2. The summed E-state index contributed by atoms with van der Waals surface area (Å²) in [5, 5.41) is 6.48. The van der Waals surface area contributed by atoms with Gasteiger partial charge in [0.2, 0.25) is 0 Å². The lowest BCUT2D eigenvalue weighted by Crippen LogP contribution is -2.45. The molecule has 1 aliphatic rings. The summed E-state index contributed by atoms with van der Waals surface area (Å²) in [5.41, 5.74) is 2.37. The first-order valence-corrected chi connectivity index (χ1v) is 10.9. The highest BCUT2D eigenvalue weighted by Gasteiger charge is 2.32. The molecule has 0 aliphatic carbocycles. The second-order valence-corrected chi connectivity index (χ2v) is 7.81. The van der Waals surface area contributed by atoms with Crippen LogP contribution in [0.2, 0.25) is 5.02 Å². The third-order valence-electron chi connectivity index (χ3n) is 4.76. The Morgan fingerprint density at radius 3 is 2.61 bits per heavy atom. The van der Waals surface area contributed by atoms with Crippen LogP contribution in [0.5, 0.6) is 11.5 Å². The quantitative estimate of drug-likeness (QED) is 0.259. The van der Waals surface area contributed by atoms with Gasteiger partial charge in [-0.25, -0.2) is 9.59 Å². The minimum absolute atomic E-state index is 0.0699. The third-order valence-corrected chi connectivity index (χ3v) is 5.26. The number of thiocarbonyl (C=S) groups is 1. The molecule has 33 heavy (non-hydrogen) atoms. The number of carbonyl (C=O) groups is 2. The molecule has 0 saturated carbocycles. The largest absolute Gasteiger partial charge is 0.493 e. The molecular weight excluding hydrogens is 464 g/mol. The van der Waals surface area contributed by atoms with Gasteiger partial charge in [-0.05, 0) is 55.4 Å². The van der Waals surface area contributed by atoms with Crippen LogP contribution >= 0.6 is 23.8 Å². The molecule has 0 radical (unpaired) electrons. The summed E-state index contributed by atoms with van der Waals surface area (Å²) in [6.45, 7) is 3.69. The number of nitrogens with one attached hydrogen (secondary N) is 2. The maximum absolute atomic E-state index is 12.6. The van der Waals surface area contributed by atoms with Gasteiger partial charge in [-0.1, -0.05) is 41.9 Å². The normalized spacial score (nSPS) is 15.6. The zero-order valence-corrected chi connectivity index (χ0v) is 19.9. The summed E-state index contributed by atoms with van der Waals surface area (Å²) in [6, 6.07) is 11.9. The van der Waals surface area contributed by atoms with Crippen LogP contribution in [0.15, 0.2) is 59.8 Å². The maximum atomic E-state index is 12.6. The molecule has 2 aromatic carbocycles. The van der Waals surface area contributed by atoms with E-state index in [9.17, 15) is 9.59 Å². The van der Waals surface area contributed by atoms with Gasteiger partial charge >= 0.3 is 11.9 Å². The van der Waals surface area contributed by atoms with Crippen molar-refractivity contribution in [2.75, 3.05) is 13.7 Å². The van der Waals surface area contributed by atoms with Crippen molar-refractivity contribution in [2.24, 2.45) is 0 Å². The van der Waals surface area contributed by atoms with Crippen LogP contribution < -0.4 is 20.1 Å². The number of rotatable bonds is 7. The lowest BCUT2D eigenvalue weighted by molar-refractivity contribution is -0.139. The van der Waals surface area contributed by atoms with E-state index in [1.165, 1.54) is 13.2 Å². The average Bonchev–Trinajstić information content (AvgIpc) is 2.79. The number of esters is 2. The van der Waals surface area contributed by atoms with E-state index in [0.29, 0.717) is 21.9 Å². The highest BCUT2D eigenvalue weighted by molar-refractivity contribution is 7.80. The fraction of sp³-hybridized carbons (Fsp3) is 0.208. The molecule has 9 heteroatoms. The van der Waals surface area contributed by atoms with E-state index < -0.39 is 18.0 Å². The smallest absolute Gasteiger partial charge is 0.338 e. The molecule has 0 aromatic heterocycles. The molecular formula is C24H23ClN2O5S. The van der Waals surface area contributed by atoms with Crippen molar-refractivity contribution in [1.82, 2.24) is 10.6 Å². The molecule has 3 rings (SSSR count). The molecule has 1 unspecified atom stereocenters. The lowest BCUT2D eigenvalue weighted by atomic mass is 9.95. The first-order chi connectivity index (χ1) is 15.8. The summed E-state index contributed by atoms with van der Waals surface area (Å²) in [7, 11) is 1.43. The van der Waals surface area contributed by atoms with Crippen LogP contribution in [0.25, 0.3) is 6.08 Å². The van der Waals surface area contributed by atoms with Crippen molar-refractivity contribution < 1.29 is 23.8 Å². The van der Waals surface area contributed by atoms with Gasteiger partial charge in [0.15, 0.2) is 16.6 Å². The van der Waals surface area contributed by atoms with Crippen LogP contribution in [0.1, 0.15) is 31.0 Å². The van der Waals surface area contributed by atoms with Crippen LogP contribution in [0, 0.1) is 0 Å². The Hall–Kier alpha value is -3.36. The third kappa shape index (κ3) is 5.91. The van der Waals surface area contributed by atoms with Crippen molar-refractivity contribution in [2.45, 2.75) is 19.9 Å². The highest BCUT2D eigenvalue weighted by atomic mass is 35.5. The second-order valence-electron chi connectivity index (χ2n) is 6.99. The second kappa shape index (κ2) is 11.0.